The Labute approximate surface area is 103 Å². The van der Waals surface area contributed by atoms with Crippen molar-refractivity contribution in [2.24, 2.45) is 0 Å². The molecule has 84 valence electrons. The summed E-state index contributed by atoms with van der Waals surface area (Å²) in [6.07, 6.45) is 4.42. The maximum atomic E-state index is 5.56. The molecule has 0 amide bonds. The lowest BCUT2D eigenvalue weighted by Crippen LogP contribution is -1.79. The van der Waals surface area contributed by atoms with Gasteiger partial charge in [0, 0.05) is 16.7 Å². The SMILES string of the molecule is c1ccc2c(-c3nc(C4CC4)cs3)coc2c1. The third-order valence-electron chi connectivity index (χ3n) is 3.23. The third-order valence-corrected chi connectivity index (χ3v) is 4.12. The van der Waals surface area contributed by atoms with Crippen LogP contribution in [-0.4, -0.2) is 4.98 Å². The Bertz CT molecular complexity index is 678. The first kappa shape index (κ1) is 9.42. The van der Waals surface area contributed by atoms with Crippen molar-refractivity contribution in [2.45, 2.75) is 18.8 Å². The standard InChI is InChI=1S/C14H11NOS/c1-2-4-13-10(3-1)11(7-16-13)14-15-12(8-17-14)9-5-6-9/h1-4,7-9H,5-6H2. The molecule has 0 unspecified atom stereocenters. The van der Waals surface area contributed by atoms with Crippen molar-refractivity contribution in [2.75, 3.05) is 0 Å². The molecule has 1 aromatic carbocycles. The van der Waals surface area contributed by atoms with E-state index in [1.165, 1.54) is 18.5 Å². The number of thiazole rings is 1. The zero-order valence-electron chi connectivity index (χ0n) is 9.22. The van der Waals surface area contributed by atoms with Crippen molar-refractivity contribution in [3.05, 3.63) is 41.6 Å². The molecule has 1 aliphatic carbocycles. The summed E-state index contributed by atoms with van der Waals surface area (Å²) in [5.41, 5.74) is 3.32. The van der Waals surface area contributed by atoms with Gasteiger partial charge in [0.15, 0.2) is 0 Å². The highest BCUT2D eigenvalue weighted by atomic mass is 32.1. The molecule has 1 fully saturated rings. The quantitative estimate of drug-likeness (QED) is 0.663. The number of para-hydroxylation sites is 1. The normalized spacial score (nSPS) is 15.5. The fraction of sp³-hybridized carbons (Fsp3) is 0.214. The number of nitrogens with zero attached hydrogens (tertiary/aromatic N) is 1. The first-order valence-corrected chi connectivity index (χ1v) is 6.72. The number of benzene rings is 1. The van der Waals surface area contributed by atoms with E-state index in [9.17, 15) is 0 Å². The predicted molar refractivity (Wildman–Crippen MR) is 69.3 cm³/mol. The summed E-state index contributed by atoms with van der Waals surface area (Å²) in [6.45, 7) is 0. The summed E-state index contributed by atoms with van der Waals surface area (Å²) in [5.74, 6) is 0.721. The summed E-state index contributed by atoms with van der Waals surface area (Å²) in [5, 5.41) is 4.43. The number of rotatable bonds is 2. The molecule has 0 saturated heterocycles. The highest BCUT2D eigenvalue weighted by Gasteiger charge is 2.26. The van der Waals surface area contributed by atoms with Gasteiger partial charge in [-0.25, -0.2) is 4.98 Å². The number of fused-ring (bicyclic) bond motifs is 1. The van der Waals surface area contributed by atoms with E-state index in [2.05, 4.69) is 11.4 Å². The molecule has 0 atom stereocenters. The molecule has 17 heavy (non-hydrogen) atoms. The number of furan rings is 1. The van der Waals surface area contributed by atoms with E-state index < -0.39 is 0 Å². The van der Waals surface area contributed by atoms with E-state index in [-0.39, 0.29) is 0 Å². The van der Waals surface area contributed by atoms with Gasteiger partial charge in [0.2, 0.25) is 0 Å². The third kappa shape index (κ3) is 1.50. The van der Waals surface area contributed by atoms with Crippen molar-refractivity contribution < 1.29 is 4.42 Å². The van der Waals surface area contributed by atoms with Crippen molar-refractivity contribution in [1.29, 1.82) is 0 Å². The van der Waals surface area contributed by atoms with Gasteiger partial charge in [0.05, 0.1) is 11.3 Å². The van der Waals surface area contributed by atoms with Gasteiger partial charge >= 0.3 is 0 Å². The van der Waals surface area contributed by atoms with Crippen LogP contribution in [-0.2, 0) is 0 Å². The Morgan fingerprint density at radius 1 is 1.24 bits per heavy atom. The maximum Gasteiger partial charge on any atom is 0.134 e. The van der Waals surface area contributed by atoms with E-state index in [4.69, 9.17) is 9.40 Å². The van der Waals surface area contributed by atoms with Gasteiger partial charge in [-0.05, 0) is 18.9 Å². The summed E-state index contributed by atoms with van der Waals surface area (Å²) in [7, 11) is 0. The molecule has 0 N–H and O–H groups in total. The Balaban J connectivity index is 1.86. The van der Waals surface area contributed by atoms with Crippen LogP contribution < -0.4 is 0 Å². The van der Waals surface area contributed by atoms with Crippen LogP contribution in [0.2, 0.25) is 0 Å². The molecule has 2 heterocycles. The molecule has 2 aromatic heterocycles. The summed E-state index contributed by atoms with van der Waals surface area (Å²) in [6, 6.07) is 8.12. The summed E-state index contributed by atoms with van der Waals surface area (Å²) in [4.78, 5) is 4.72. The highest BCUT2D eigenvalue weighted by Crippen LogP contribution is 2.42. The number of aromatic nitrogens is 1. The summed E-state index contributed by atoms with van der Waals surface area (Å²) < 4.78 is 5.56. The second-order valence-corrected chi connectivity index (χ2v) is 5.36. The van der Waals surface area contributed by atoms with Crippen LogP contribution in [0.1, 0.15) is 24.5 Å². The fourth-order valence-electron chi connectivity index (χ4n) is 2.12. The Morgan fingerprint density at radius 2 is 2.12 bits per heavy atom. The lowest BCUT2D eigenvalue weighted by molar-refractivity contribution is 0.617. The largest absolute Gasteiger partial charge is 0.464 e. The predicted octanol–water partition coefficient (Wildman–Crippen LogP) is 4.43. The maximum absolute atomic E-state index is 5.56. The van der Waals surface area contributed by atoms with Gasteiger partial charge < -0.3 is 4.42 Å². The zero-order chi connectivity index (χ0) is 11.2. The van der Waals surface area contributed by atoms with E-state index in [1.54, 1.807) is 11.3 Å². The van der Waals surface area contributed by atoms with Crippen molar-refractivity contribution in [3.63, 3.8) is 0 Å². The molecule has 1 aliphatic rings. The average Bonchev–Trinajstić information content (AvgIpc) is 2.95. The molecule has 3 aromatic rings. The molecule has 0 spiro atoms. The van der Waals surface area contributed by atoms with Crippen molar-refractivity contribution in [3.8, 4) is 10.6 Å². The minimum atomic E-state index is 0.721. The van der Waals surface area contributed by atoms with Gasteiger partial charge in [0.25, 0.3) is 0 Å². The second kappa shape index (κ2) is 3.44. The molecule has 2 nitrogen and oxygen atoms in total. The van der Waals surface area contributed by atoms with E-state index in [0.717, 1.165) is 27.5 Å². The molecular weight excluding hydrogens is 230 g/mol. The van der Waals surface area contributed by atoms with E-state index in [0.29, 0.717) is 0 Å². The van der Waals surface area contributed by atoms with Gasteiger partial charge in [0.1, 0.15) is 16.9 Å². The van der Waals surface area contributed by atoms with Crippen LogP contribution in [0.3, 0.4) is 0 Å². The molecule has 3 heteroatoms. The van der Waals surface area contributed by atoms with Crippen LogP contribution in [0.4, 0.5) is 0 Å². The van der Waals surface area contributed by atoms with Crippen molar-refractivity contribution >= 4 is 22.3 Å². The minimum Gasteiger partial charge on any atom is -0.464 e. The number of hydrogen-bond acceptors (Lipinski definition) is 3. The minimum absolute atomic E-state index is 0.721. The van der Waals surface area contributed by atoms with Crippen molar-refractivity contribution in [1.82, 2.24) is 4.98 Å². The van der Waals surface area contributed by atoms with Gasteiger partial charge in [-0.15, -0.1) is 11.3 Å². The van der Waals surface area contributed by atoms with Crippen LogP contribution in [0.5, 0.6) is 0 Å². The van der Waals surface area contributed by atoms with Gasteiger partial charge in [-0.3, -0.25) is 0 Å². The lowest BCUT2D eigenvalue weighted by atomic mass is 10.2. The van der Waals surface area contributed by atoms with E-state index in [1.807, 2.05) is 24.5 Å². The molecule has 4 rings (SSSR count). The lowest BCUT2D eigenvalue weighted by Gasteiger charge is -1.91. The van der Waals surface area contributed by atoms with Gasteiger partial charge in [-0.2, -0.15) is 0 Å². The molecule has 1 saturated carbocycles. The highest BCUT2D eigenvalue weighted by molar-refractivity contribution is 7.13. The van der Waals surface area contributed by atoms with Crippen LogP contribution in [0, 0.1) is 0 Å². The Kier molecular flexibility index (Phi) is 1.91. The topological polar surface area (TPSA) is 26.0 Å². The first-order valence-electron chi connectivity index (χ1n) is 5.84. The van der Waals surface area contributed by atoms with Crippen LogP contribution in [0.25, 0.3) is 21.5 Å². The summed E-state index contributed by atoms with van der Waals surface area (Å²) >= 11 is 1.72. The molecular formula is C14H11NOS. The second-order valence-electron chi connectivity index (χ2n) is 4.50. The smallest absolute Gasteiger partial charge is 0.134 e. The zero-order valence-corrected chi connectivity index (χ0v) is 10.0. The van der Waals surface area contributed by atoms with Crippen LogP contribution in [0.15, 0.2) is 40.3 Å². The first-order chi connectivity index (χ1) is 8.42. The number of hydrogen-bond donors (Lipinski definition) is 0. The average molecular weight is 241 g/mol. The Morgan fingerprint density at radius 3 is 3.00 bits per heavy atom. The van der Waals surface area contributed by atoms with Crippen LogP contribution >= 0.6 is 11.3 Å². The fourth-order valence-corrected chi connectivity index (χ4v) is 3.04. The van der Waals surface area contributed by atoms with Gasteiger partial charge in [-0.1, -0.05) is 18.2 Å². The van der Waals surface area contributed by atoms with E-state index >= 15 is 0 Å². The molecule has 0 aliphatic heterocycles. The Hall–Kier alpha value is -1.61. The molecule has 0 radical (unpaired) electrons. The molecule has 0 bridgehead atoms. The monoisotopic (exact) mass is 241 g/mol.